The van der Waals surface area contributed by atoms with Crippen molar-refractivity contribution < 1.29 is 14.3 Å². The molecule has 0 aliphatic heterocycles. The van der Waals surface area contributed by atoms with E-state index in [1.807, 2.05) is 103 Å². The average Bonchev–Trinajstić information content (AvgIpc) is 2.90. The lowest BCUT2D eigenvalue weighted by atomic mass is 9.98. The quantitative estimate of drug-likeness (QED) is 0.308. The molecule has 3 rings (SSSR count). The SMILES string of the molecule is Cc1ccc(C(=O)N(CCCNC(=O)OC(C)(C)C)C(c2nc(C)c(C)c(=O)n2Cc2ccccc2)C(C)C)cc1. The zero-order valence-corrected chi connectivity index (χ0v) is 25.7. The van der Waals surface area contributed by atoms with Gasteiger partial charge in [0.15, 0.2) is 0 Å². The summed E-state index contributed by atoms with van der Waals surface area (Å²) in [6.07, 6.45) is -0.00442. The van der Waals surface area contributed by atoms with Crippen molar-refractivity contribution in [2.75, 3.05) is 13.1 Å². The van der Waals surface area contributed by atoms with Gasteiger partial charge >= 0.3 is 6.09 Å². The minimum absolute atomic E-state index is 0.0563. The van der Waals surface area contributed by atoms with Crippen LogP contribution in [0.2, 0.25) is 0 Å². The van der Waals surface area contributed by atoms with E-state index in [2.05, 4.69) is 5.32 Å². The molecule has 41 heavy (non-hydrogen) atoms. The topological polar surface area (TPSA) is 93.5 Å². The smallest absolute Gasteiger partial charge is 0.407 e. The number of nitrogens with one attached hydrogen (secondary N) is 1. The molecule has 1 aromatic heterocycles. The van der Waals surface area contributed by atoms with E-state index in [1.54, 1.807) is 16.4 Å². The van der Waals surface area contributed by atoms with Crippen LogP contribution >= 0.6 is 0 Å². The molecule has 2 aromatic carbocycles. The number of carbonyl (C=O) groups excluding carboxylic acids is 2. The Hall–Kier alpha value is -3.94. The molecule has 8 heteroatoms. The van der Waals surface area contributed by atoms with Gasteiger partial charge in [0.2, 0.25) is 0 Å². The van der Waals surface area contributed by atoms with E-state index in [9.17, 15) is 14.4 Å². The molecule has 0 saturated carbocycles. The van der Waals surface area contributed by atoms with Crippen LogP contribution in [0.5, 0.6) is 0 Å². The lowest BCUT2D eigenvalue weighted by Gasteiger charge is -2.36. The van der Waals surface area contributed by atoms with Crippen LogP contribution in [-0.2, 0) is 11.3 Å². The average molecular weight is 561 g/mol. The highest BCUT2D eigenvalue weighted by atomic mass is 16.6. The molecular formula is C33H44N4O4. The molecule has 0 radical (unpaired) electrons. The summed E-state index contributed by atoms with van der Waals surface area (Å²) in [5, 5.41) is 2.79. The van der Waals surface area contributed by atoms with Gasteiger partial charge in [0.1, 0.15) is 11.4 Å². The second-order valence-corrected chi connectivity index (χ2v) is 11.9. The number of hydrogen-bond donors (Lipinski definition) is 1. The van der Waals surface area contributed by atoms with Crippen LogP contribution in [0.25, 0.3) is 0 Å². The van der Waals surface area contributed by atoms with E-state index >= 15 is 0 Å². The van der Waals surface area contributed by atoms with Crippen LogP contribution in [0.4, 0.5) is 4.79 Å². The molecule has 0 spiro atoms. The van der Waals surface area contributed by atoms with Crippen molar-refractivity contribution in [3.8, 4) is 0 Å². The van der Waals surface area contributed by atoms with Crippen molar-refractivity contribution in [3.63, 3.8) is 0 Å². The maximum atomic E-state index is 14.1. The Morgan fingerprint density at radius 2 is 1.63 bits per heavy atom. The normalized spacial score (nSPS) is 12.2. The summed E-state index contributed by atoms with van der Waals surface area (Å²) in [6, 6.07) is 16.8. The summed E-state index contributed by atoms with van der Waals surface area (Å²) in [5.74, 6) is 0.344. The minimum Gasteiger partial charge on any atom is -0.444 e. The number of nitrogens with zero attached hydrogens (tertiary/aromatic N) is 3. The second kappa shape index (κ2) is 13.6. The number of aryl methyl sites for hydroxylation is 2. The number of hydrogen-bond acceptors (Lipinski definition) is 5. The molecule has 0 aliphatic carbocycles. The fourth-order valence-electron chi connectivity index (χ4n) is 4.70. The van der Waals surface area contributed by atoms with Gasteiger partial charge in [0.25, 0.3) is 11.5 Å². The molecule has 2 amide bonds. The van der Waals surface area contributed by atoms with Gasteiger partial charge in [-0.15, -0.1) is 0 Å². The Balaban J connectivity index is 2.04. The molecule has 3 aromatic rings. The van der Waals surface area contributed by atoms with Gasteiger partial charge < -0.3 is 15.0 Å². The lowest BCUT2D eigenvalue weighted by molar-refractivity contribution is 0.0519. The standard InChI is InChI=1S/C33H44N4O4/c1-22(2)28(29-35-25(5)24(4)30(38)37(29)21-26-13-10-9-11-14-26)36(31(39)27-17-15-23(3)16-18-27)20-12-19-34-32(40)41-33(6,7)8/h9-11,13-18,22,28H,12,19-21H2,1-8H3,(H,34,40). The van der Waals surface area contributed by atoms with Crippen LogP contribution in [0, 0.1) is 26.7 Å². The summed E-state index contributed by atoms with van der Waals surface area (Å²) >= 11 is 0. The van der Waals surface area contributed by atoms with Crippen molar-refractivity contribution in [3.05, 3.63) is 98.7 Å². The van der Waals surface area contributed by atoms with Crippen molar-refractivity contribution >= 4 is 12.0 Å². The molecule has 1 N–H and O–H groups in total. The zero-order chi connectivity index (χ0) is 30.3. The third-order valence-electron chi connectivity index (χ3n) is 6.89. The van der Waals surface area contributed by atoms with E-state index in [0.29, 0.717) is 48.7 Å². The predicted octanol–water partition coefficient (Wildman–Crippen LogP) is 5.97. The van der Waals surface area contributed by atoms with E-state index in [0.717, 1.165) is 11.1 Å². The predicted molar refractivity (Wildman–Crippen MR) is 162 cm³/mol. The Morgan fingerprint density at radius 3 is 2.22 bits per heavy atom. The third kappa shape index (κ3) is 8.52. The van der Waals surface area contributed by atoms with E-state index in [4.69, 9.17) is 9.72 Å². The first-order chi connectivity index (χ1) is 19.3. The highest BCUT2D eigenvalue weighted by Gasteiger charge is 2.33. The molecule has 1 unspecified atom stereocenters. The van der Waals surface area contributed by atoms with Crippen molar-refractivity contribution in [2.24, 2.45) is 5.92 Å². The summed E-state index contributed by atoms with van der Waals surface area (Å²) in [4.78, 5) is 46.7. The fraction of sp³-hybridized carbons (Fsp3) is 0.455. The monoisotopic (exact) mass is 560 g/mol. The maximum Gasteiger partial charge on any atom is 0.407 e. The molecular weight excluding hydrogens is 516 g/mol. The summed E-state index contributed by atoms with van der Waals surface area (Å²) in [7, 11) is 0. The van der Waals surface area contributed by atoms with Crippen molar-refractivity contribution in [1.82, 2.24) is 19.8 Å². The number of ether oxygens (including phenoxy) is 1. The van der Waals surface area contributed by atoms with Gasteiger partial charge in [0.05, 0.1) is 12.6 Å². The van der Waals surface area contributed by atoms with Crippen LogP contribution in [-0.4, -0.2) is 45.1 Å². The van der Waals surface area contributed by atoms with Gasteiger partial charge in [-0.25, -0.2) is 9.78 Å². The first kappa shape index (κ1) is 31.6. The van der Waals surface area contributed by atoms with E-state index in [-0.39, 0.29) is 17.4 Å². The van der Waals surface area contributed by atoms with Gasteiger partial charge in [-0.3, -0.25) is 14.2 Å². The molecule has 0 bridgehead atoms. The first-order valence-electron chi connectivity index (χ1n) is 14.2. The van der Waals surface area contributed by atoms with Crippen molar-refractivity contribution in [1.29, 1.82) is 0 Å². The molecule has 220 valence electrons. The van der Waals surface area contributed by atoms with E-state index in [1.165, 1.54) is 0 Å². The zero-order valence-electron chi connectivity index (χ0n) is 25.7. The summed E-state index contributed by atoms with van der Waals surface area (Å²) < 4.78 is 7.06. The van der Waals surface area contributed by atoms with Crippen LogP contribution in [0.3, 0.4) is 0 Å². The van der Waals surface area contributed by atoms with Crippen LogP contribution in [0.1, 0.15) is 85.6 Å². The number of amides is 2. The Labute approximate surface area is 243 Å². The Kier molecular flexibility index (Phi) is 10.5. The number of carbonyl (C=O) groups is 2. The minimum atomic E-state index is -0.600. The van der Waals surface area contributed by atoms with Gasteiger partial charge in [0, 0.05) is 29.9 Å². The van der Waals surface area contributed by atoms with Gasteiger partial charge in [-0.2, -0.15) is 0 Å². The molecule has 1 atom stereocenters. The molecule has 8 nitrogen and oxygen atoms in total. The summed E-state index contributed by atoms with van der Waals surface area (Å²) in [6.45, 7) is 16.1. The number of rotatable bonds is 10. The highest BCUT2D eigenvalue weighted by molar-refractivity contribution is 5.94. The van der Waals surface area contributed by atoms with Gasteiger partial charge in [-0.05, 0) is 71.6 Å². The third-order valence-corrected chi connectivity index (χ3v) is 6.89. The number of alkyl carbamates (subject to hydrolysis) is 1. The van der Waals surface area contributed by atoms with Crippen LogP contribution < -0.4 is 10.9 Å². The molecule has 0 saturated heterocycles. The Morgan fingerprint density at radius 1 is 1.00 bits per heavy atom. The maximum absolute atomic E-state index is 14.1. The molecule has 1 heterocycles. The Bertz CT molecular complexity index is 1390. The summed E-state index contributed by atoms with van der Waals surface area (Å²) in [5.41, 5.74) is 3.11. The fourth-order valence-corrected chi connectivity index (χ4v) is 4.70. The van der Waals surface area contributed by atoms with Crippen molar-refractivity contribution in [2.45, 2.75) is 80.0 Å². The molecule has 0 aliphatic rings. The lowest BCUT2D eigenvalue weighted by Crippen LogP contribution is -2.43. The highest BCUT2D eigenvalue weighted by Crippen LogP contribution is 2.30. The number of aromatic nitrogens is 2. The van der Waals surface area contributed by atoms with Gasteiger partial charge in [-0.1, -0.05) is 61.9 Å². The molecule has 0 fully saturated rings. The van der Waals surface area contributed by atoms with Crippen LogP contribution in [0.15, 0.2) is 59.4 Å². The largest absolute Gasteiger partial charge is 0.444 e. The second-order valence-electron chi connectivity index (χ2n) is 11.9. The first-order valence-corrected chi connectivity index (χ1v) is 14.2. The number of benzene rings is 2. The van der Waals surface area contributed by atoms with E-state index < -0.39 is 17.7 Å².